The molecular weight excluding hydrogens is 159 g/mol. The number of carbonyl (C=O) groups excluding carboxylic acids is 1. The summed E-state index contributed by atoms with van der Waals surface area (Å²) < 4.78 is 4.67. The van der Waals surface area contributed by atoms with Crippen LogP contribution in [0, 0.1) is 5.92 Å². The van der Waals surface area contributed by atoms with Crippen molar-refractivity contribution in [2.75, 3.05) is 13.8 Å². The van der Waals surface area contributed by atoms with E-state index in [1.807, 2.05) is 6.66 Å². The minimum Gasteiger partial charge on any atom is -0.469 e. The van der Waals surface area contributed by atoms with Gasteiger partial charge in [0, 0.05) is 0 Å². The van der Waals surface area contributed by atoms with Crippen LogP contribution in [-0.2, 0) is 9.53 Å². The molecule has 0 aliphatic heterocycles. The van der Waals surface area contributed by atoms with Crippen LogP contribution in [0.4, 0.5) is 0 Å². The molecule has 0 aromatic carbocycles. The predicted octanol–water partition coefficient (Wildman–Crippen LogP) is 1.88. The number of esters is 1. The van der Waals surface area contributed by atoms with E-state index in [1.165, 1.54) is 7.11 Å². The molecule has 0 rings (SSSR count). The van der Waals surface area contributed by atoms with Crippen molar-refractivity contribution in [3.63, 3.8) is 0 Å². The molecule has 0 amide bonds. The molecule has 0 heterocycles. The van der Waals surface area contributed by atoms with Crippen molar-refractivity contribution in [1.29, 1.82) is 0 Å². The van der Waals surface area contributed by atoms with Crippen LogP contribution < -0.4 is 0 Å². The molecule has 0 aromatic rings. The van der Waals surface area contributed by atoms with Crippen LogP contribution >= 0.6 is 8.58 Å². The fraction of sp³-hybridized carbons (Fsp3) is 0.875. The average Bonchev–Trinajstić information content (AvgIpc) is 1.98. The molecule has 0 saturated carbocycles. The smallest absolute Gasteiger partial charge is 0.312 e. The highest BCUT2D eigenvalue weighted by Gasteiger charge is 2.17. The van der Waals surface area contributed by atoms with E-state index in [0.29, 0.717) is 14.5 Å². The van der Waals surface area contributed by atoms with E-state index in [4.69, 9.17) is 0 Å². The minimum absolute atomic E-state index is 0.0560. The lowest BCUT2D eigenvalue weighted by atomic mass is 10.1. The molecule has 3 heteroatoms. The maximum atomic E-state index is 11.1. The number of methoxy groups -OCH3 is 1. The zero-order valence-corrected chi connectivity index (χ0v) is 8.68. The fourth-order valence-electron chi connectivity index (χ4n) is 0.946. The molecule has 0 spiro atoms. The van der Waals surface area contributed by atoms with E-state index in [0.717, 1.165) is 6.42 Å². The van der Waals surface area contributed by atoms with E-state index < -0.39 is 0 Å². The lowest BCUT2D eigenvalue weighted by Gasteiger charge is -2.13. The summed E-state index contributed by atoms with van der Waals surface area (Å²) in [6, 6.07) is 0. The van der Waals surface area contributed by atoms with Gasteiger partial charge in [-0.3, -0.25) is 4.79 Å². The van der Waals surface area contributed by atoms with Crippen molar-refractivity contribution in [2.45, 2.75) is 25.9 Å². The molecular formula is C8H17O2P. The van der Waals surface area contributed by atoms with Gasteiger partial charge in [0.2, 0.25) is 0 Å². The van der Waals surface area contributed by atoms with Gasteiger partial charge in [0.1, 0.15) is 0 Å². The van der Waals surface area contributed by atoms with Gasteiger partial charge >= 0.3 is 5.97 Å². The molecule has 0 radical (unpaired) electrons. The van der Waals surface area contributed by atoms with Gasteiger partial charge in [-0.1, -0.05) is 13.8 Å². The first-order valence-electron chi connectivity index (χ1n) is 3.87. The van der Waals surface area contributed by atoms with Crippen LogP contribution in [0.1, 0.15) is 20.3 Å². The zero-order valence-electron chi connectivity index (χ0n) is 7.68. The molecule has 0 aliphatic rings. The monoisotopic (exact) mass is 176 g/mol. The molecule has 0 N–H and O–H groups in total. The second-order valence-electron chi connectivity index (χ2n) is 2.99. The largest absolute Gasteiger partial charge is 0.469 e. The van der Waals surface area contributed by atoms with Crippen molar-refractivity contribution < 1.29 is 9.53 Å². The Kier molecular flexibility index (Phi) is 5.49. The van der Waals surface area contributed by atoms with Gasteiger partial charge in [-0.15, -0.1) is 8.58 Å². The van der Waals surface area contributed by atoms with Crippen LogP contribution in [0.5, 0.6) is 0 Å². The van der Waals surface area contributed by atoms with E-state index in [9.17, 15) is 4.79 Å². The Morgan fingerprint density at radius 2 is 2.09 bits per heavy atom. The van der Waals surface area contributed by atoms with Gasteiger partial charge in [-0.2, -0.15) is 0 Å². The van der Waals surface area contributed by atoms with Gasteiger partial charge in [-0.25, -0.2) is 0 Å². The van der Waals surface area contributed by atoms with Gasteiger partial charge < -0.3 is 4.74 Å². The molecule has 0 bridgehead atoms. The van der Waals surface area contributed by atoms with Gasteiger partial charge in [0.15, 0.2) is 0 Å². The Labute approximate surface area is 70.5 Å². The molecule has 0 saturated heterocycles. The van der Waals surface area contributed by atoms with Crippen LogP contribution in [0.15, 0.2) is 0 Å². The van der Waals surface area contributed by atoms with Crippen LogP contribution in [0.25, 0.3) is 0 Å². The Bertz CT molecular complexity index is 123. The lowest BCUT2D eigenvalue weighted by molar-refractivity contribution is -0.140. The molecule has 66 valence electrons. The average molecular weight is 176 g/mol. The number of rotatable bonds is 4. The lowest BCUT2D eigenvalue weighted by Crippen LogP contribution is -2.19. The van der Waals surface area contributed by atoms with Crippen molar-refractivity contribution in [3.05, 3.63) is 0 Å². The third-order valence-electron chi connectivity index (χ3n) is 1.54. The van der Waals surface area contributed by atoms with E-state index >= 15 is 0 Å². The van der Waals surface area contributed by atoms with Crippen LogP contribution in [0.3, 0.4) is 0 Å². The minimum atomic E-state index is -0.0560. The molecule has 0 aromatic heterocycles. The standard InChI is InChI=1S/C8H17O2P/c1-6(2)5-7(11-4)8(9)10-3/h6-7,11H,5H2,1-4H3. The highest BCUT2D eigenvalue weighted by Crippen LogP contribution is 2.22. The maximum absolute atomic E-state index is 11.1. The van der Waals surface area contributed by atoms with Crippen LogP contribution in [-0.4, -0.2) is 25.4 Å². The van der Waals surface area contributed by atoms with E-state index in [2.05, 4.69) is 18.6 Å². The predicted molar refractivity (Wildman–Crippen MR) is 49.5 cm³/mol. The normalized spacial score (nSPS) is 14.3. The van der Waals surface area contributed by atoms with E-state index in [-0.39, 0.29) is 11.6 Å². The highest BCUT2D eigenvalue weighted by molar-refractivity contribution is 7.39. The number of ether oxygens (including phenoxy) is 1. The summed E-state index contributed by atoms with van der Waals surface area (Å²) >= 11 is 0. The Morgan fingerprint density at radius 3 is 2.36 bits per heavy atom. The first-order valence-corrected chi connectivity index (χ1v) is 5.44. The van der Waals surface area contributed by atoms with Gasteiger partial charge in [-0.05, 0) is 19.0 Å². The summed E-state index contributed by atoms with van der Waals surface area (Å²) in [4.78, 5) is 11.1. The molecule has 2 unspecified atom stereocenters. The highest BCUT2D eigenvalue weighted by atomic mass is 31.1. The Balaban J connectivity index is 3.84. The topological polar surface area (TPSA) is 26.3 Å². The Morgan fingerprint density at radius 1 is 1.55 bits per heavy atom. The molecule has 2 atom stereocenters. The summed E-state index contributed by atoms with van der Waals surface area (Å²) in [5.74, 6) is 0.520. The molecule has 11 heavy (non-hydrogen) atoms. The molecule has 0 fully saturated rings. The van der Waals surface area contributed by atoms with Crippen LogP contribution in [0.2, 0.25) is 0 Å². The quantitative estimate of drug-likeness (QED) is 0.483. The SMILES string of the molecule is COC(=O)C(CC(C)C)PC. The second-order valence-corrected chi connectivity index (χ2v) is 4.27. The summed E-state index contributed by atoms with van der Waals surface area (Å²) in [6.45, 7) is 6.29. The van der Waals surface area contributed by atoms with E-state index in [1.54, 1.807) is 0 Å². The third-order valence-corrected chi connectivity index (χ3v) is 2.71. The summed E-state index contributed by atoms with van der Waals surface area (Å²) in [5, 5.41) is 0. The maximum Gasteiger partial charge on any atom is 0.312 e. The molecule has 0 aliphatic carbocycles. The van der Waals surface area contributed by atoms with Crippen molar-refractivity contribution >= 4 is 14.6 Å². The van der Waals surface area contributed by atoms with Crippen molar-refractivity contribution in [3.8, 4) is 0 Å². The van der Waals surface area contributed by atoms with Gasteiger partial charge in [0.25, 0.3) is 0 Å². The number of hydrogen-bond donors (Lipinski definition) is 0. The second kappa shape index (κ2) is 5.54. The van der Waals surface area contributed by atoms with Crippen molar-refractivity contribution in [2.24, 2.45) is 5.92 Å². The Hall–Kier alpha value is -0.100. The first kappa shape index (κ1) is 10.9. The number of hydrogen-bond acceptors (Lipinski definition) is 2. The summed E-state index contributed by atoms with van der Waals surface area (Å²) in [5.41, 5.74) is 0.125. The summed E-state index contributed by atoms with van der Waals surface area (Å²) in [6.07, 6.45) is 0.946. The first-order chi connectivity index (χ1) is 5.11. The van der Waals surface area contributed by atoms with Crippen molar-refractivity contribution in [1.82, 2.24) is 0 Å². The fourth-order valence-corrected chi connectivity index (χ4v) is 2.01. The third kappa shape index (κ3) is 4.36. The number of carbonyl (C=O) groups is 1. The zero-order chi connectivity index (χ0) is 8.85. The molecule has 2 nitrogen and oxygen atoms in total. The van der Waals surface area contributed by atoms with Gasteiger partial charge in [0.05, 0.1) is 12.8 Å². The summed E-state index contributed by atoms with van der Waals surface area (Å²) in [7, 11) is 2.11.